The summed E-state index contributed by atoms with van der Waals surface area (Å²) in [6, 6.07) is 11.0. The van der Waals surface area contributed by atoms with Crippen LogP contribution >= 0.6 is 47.9 Å². The van der Waals surface area contributed by atoms with E-state index in [9.17, 15) is 13.2 Å². The summed E-state index contributed by atoms with van der Waals surface area (Å²) >= 11 is 1.62. The summed E-state index contributed by atoms with van der Waals surface area (Å²) < 4.78 is 37.4. The molecular formula is C16H19Cl2F3N2S2. The molecule has 1 aliphatic heterocycles. The second-order valence-electron chi connectivity index (χ2n) is 5.32. The standard InChI is InChI=1S/C16H17F3N2S2.2ClH/c17-16(18,19)23-13-5-3-12(4-6-13)15(14-2-1-11-22-14)21-9-7-20-8-10-21;;/h1-6,11,15,20H,7-10H2;2*1H/t15-;;/m1../s1. The van der Waals surface area contributed by atoms with Gasteiger partial charge in [-0.3, -0.25) is 4.90 Å². The van der Waals surface area contributed by atoms with Crippen LogP contribution in [0.15, 0.2) is 46.7 Å². The molecule has 1 aromatic heterocycles. The van der Waals surface area contributed by atoms with Crippen LogP contribution in [0.5, 0.6) is 0 Å². The van der Waals surface area contributed by atoms with Gasteiger partial charge >= 0.3 is 5.51 Å². The van der Waals surface area contributed by atoms with Gasteiger partial charge in [0, 0.05) is 36.0 Å². The Bertz CT molecular complexity index is 615. The highest BCUT2D eigenvalue weighted by molar-refractivity contribution is 8.00. The third-order valence-electron chi connectivity index (χ3n) is 3.76. The number of piperazine rings is 1. The third-order valence-corrected chi connectivity index (χ3v) is 5.42. The molecule has 140 valence electrons. The number of rotatable bonds is 4. The first-order valence-electron chi connectivity index (χ1n) is 7.37. The fourth-order valence-corrected chi connectivity index (χ4v) is 4.22. The molecule has 1 aliphatic rings. The van der Waals surface area contributed by atoms with Crippen LogP contribution in [0.1, 0.15) is 16.5 Å². The summed E-state index contributed by atoms with van der Waals surface area (Å²) in [6.45, 7) is 3.73. The maximum absolute atomic E-state index is 12.5. The van der Waals surface area contributed by atoms with Crippen molar-refractivity contribution in [1.82, 2.24) is 10.2 Å². The van der Waals surface area contributed by atoms with Crippen LogP contribution in [-0.2, 0) is 0 Å². The predicted octanol–water partition coefficient (Wildman–Crippen LogP) is 5.20. The van der Waals surface area contributed by atoms with Gasteiger partial charge in [0.05, 0.1) is 6.04 Å². The highest BCUT2D eigenvalue weighted by atomic mass is 35.5. The molecule has 0 saturated carbocycles. The first-order chi connectivity index (χ1) is 11.0. The van der Waals surface area contributed by atoms with Crippen molar-refractivity contribution in [3.63, 3.8) is 0 Å². The fraction of sp³-hybridized carbons (Fsp3) is 0.375. The van der Waals surface area contributed by atoms with Gasteiger partial charge < -0.3 is 5.32 Å². The van der Waals surface area contributed by atoms with Crippen LogP contribution < -0.4 is 5.32 Å². The average molecular weight is 431 g/mol. The zero-order valence-electron chi connectivity index (χ0n) is 13.2. The Morgan fingerprint density at radius 3 is 2.20 bits per heavy atom. The summed E-state index contributed by atoms with van der Waals surface area (Å²) in [5.41, 5.74) is -3.20. The lowest BCUT2D eigenvalue weighted by Crippen LogP contribution is -2.45. The second kappa shape index (κ2) is 10.0. The van der Waals surface area contributed by atoms with E-state index in [4.69, 9.17) is 0 Å². The highest BCUT2D eigenvalue weighted by Crippen LogP contribution is 2.38. The lowest BCUT2D eigenvalue weighted by atomic mass is 10.0. The predicted molar refractivity (Wildman–Crippen MR) is 103 cm³/mol. The number of hydrogen-bond donors (Lipinski definition) is 1. The van der Waals surface area contributed by atoms with Gasteiger partial charge in [0.2, 0.25) is 0 Å². The summed E-state index contributed by atoms with van der Waals surface area (Å²) in [4.78, 5) is 3.84. The van der Waals surface area contributed by atoms with Crippen molar-refractivity contribution < 1.29 is 13.2 Å². The van der Waals surface area contributed by atoms with Gasteiger partial charge in [-0.25, -0.2) is 0 Å². The minimum Gasteiger partial charge on any atom is -0.314 e. The van der Waals surface area contributed by atoms with E-state index in [0.717, 1.165) is 31.7 Å². The molecule has 0 radical (unpaired) electrons. The van der Waals surface area contributed by atoms with Crippen molar-refractivity contribution in [2.45, 2.75) is 16.4 Å². The lowest BCUT2D eigenvalue weighted by Gasteiger charge is -2.34. The Hall–Kier alpha value is -0.440. The maximum Gasteiger partial charge on any atom is 0.446 e. The van der Waals surface area contributed by atoms with E-state index in [0.29, 0.717) is 0 Å². The Kier molecular flexibility index (Phi) is 9.08. The van der Waals surface area contributed by atoms with Crippen molar-refractivity contribution in [1.29, 1.82) is 0 Å². The van der Waals surface area contributed by atoms with Gasteiger partial charge in [0.25, 0.3) is 0 Å². The lowest BCUT2D eigenvalue weighted by molar-refractivity contribution is -0.0328. The number of nitrogens with one attached hydrogen (secondary N) is 1. The third kappa shape index (κ3) is 6.34. The molecule has 0 amide bonds. The Morgan fingerprint density at radius 1 is 1.04 bits per heavy atom. The van der Waals surface area contributed by atoms with Gasteiger partial charge in [-0.15, -0.1) is 36.2 Å². The van der Waals surface area contributed by atoms with E-state index in [2.05, 4.69) is 16.3 Å². The van der Waals surface area contributed by atoms with E-state index in [-0.39, 0.29) is 47.5 Å². The van der Waals surface area contributed by atoms with E-state index in [1.165, 1.54) is 4.88 Å². The molecule has 0 aliphatic carbocycles. The molecule has 0 unspecified atom stereocenters. The smallest absolute Gasteiger partial charge is 0.314 e. The molecule has 2 aromatic rings. The average Bonchev–Trinajstić information content (AvgIpc) is 3.03. The Morgan fingerprint density at radius 2 is 1.68 bits per heavy atom. The van der Waals surface area contributed by atoms with Crippen LogP contribution in [0.3, 0.4) is 0 Å². The fourth-order valence-electron chi connectivity index (χ4n) is 2.79. The molecule has 1 aromatic carbocycles. The van der Waals surface area contributed by atoms with E-state index in [1.807, 2.05) is 23.6 Å². The molecule has 1 fully saturated rings. The van der Waals surface area contributed by atoms with Crippen molar-refractivity contribution in [3.05, 3.63) is 52.2 Å². The summed E-state index contributed by atoms with van der Waals surface area (Å²) in [6.07, 6.45) is 0. The van der Waals surface area contributed by atoms with Crippen LogP contribution in [0.4, 0.5) is 13.2 Å². The molecule has 1 atom stereocenters. The highest BCUT2D eigenvalue weighted by Gasteiger charge is 2.29. The molecular weight excluding hydrogens is 412 g/mol. The Balaban J connectivity index is 0.00000156. The zero-order valence-corrected chi connectivity index (χ0v) is 16.4. The van der Waals surface area contributed by atoms with E-state index < -0.39 is 5.51 Å². The van der Waals surface area contributed by atoms with Gasteiger partial charge in [-0.1, -0.05) is 18.2 Å². The van der Waals surface area contributed by atoms with E-state index >= 15 is 0 Å². The zero-order chi connectivity index (χ0) is 16.3. The van der Waals surface area contributed by atoms with Gasteiger partial charge in [-0.2, -0.15) is 13.2 Å². The number of thiophene rings is 1. The number of halogens is 5. The van der Waals surface area contributed by atoms with Crippen molar-refractivity contribution in [2.75, 3.05) is 26.2 Å². The number of thioether (sulfide) groups is 1. The van der Waals surface area contributed by atoms with Gasteiger partial charge in [-0.05, 0) is 40.9 Å². The molecule has 0 bridgehead atoms. The molecule has 2 nitrogen and oxygen atoms in total. The number of nitrogens with zero attached hydrogens (tertiary/aromatic N) is 1. The monoisotopic (exact) mass is 430 g/mol. The number of hydrogen-bond acceptors (Lipinski definition) is 4. The van der Waals surface area contributed by atoms with Gasteiger partial charge in [0.1, 0.15) is 0 Å². The molecule has 25 heavy (non-hydrogen) atoms. The maximum atomic E-state index is 12.5. The minimum atomic E-state index is -4.24. The molecule has 3 rings (SSSR count). The minimum absolute atomic E-state index is 0. The SMILES string of the molecule is Cl.Cl.FC(F)(F)Sc1ccc([C@H](c2cccs2)N2CCNCC2)cc1. The molecule has 9 heteroatoms. The van der Waals surface area contributed by atoms with Crippen LogP contribution in [-0.4, -0.2) is 36.6 Å². The molecule has 2 heterocycles. The molecule has 0 spiro atoms. The van der Waals surface area contributed by atoms with Crippen LogP contribution in [0.25, 0.3) is 0 Å². The first kappa shape index (κ1) is 22.6. The Labute approximate surface area is 166 Å². The normalized spacial score (nSPS) is 16.6. The summed E-state index contributed by atoms with van der Waals surface area (Å²) in [5, 5.41) is 5.37. The van der Waals surface area contributed by atoms with Gasteiger partial charge in [0.15, 0.2) is 0 Å². The molecule has 1 N–H and O–H groups in total. The summed E-state index contributed by atoms with van der Waals surface area (Å²) in [5.74, 6) is 0. The second-order valence-corrected chi connectivity index (χ2v) is 7.44. The van der Waals surface area contributed by atoms with Crippen molar-refractivity contribution >= 4 is 47.9 Å². The van der Waals surface area contributed by atoms with Crippen molar-refractivity contribution in [3.8, 4) is 0 Å². The van der Waals surface area contributed by atoms with E-state index in [1.54, 1.807) is 23.5 Å². The number of alkyl halides is 3. The van der Waals surface area contributed by atoms with Crippen molar-refractivity contribution in [2.24, 2.45) is 0 Å². The van der Waals surface area contributed by atoms with Crippen LogP contribution in [0, 0.1) is 0 Å². The van der Waals surface area contributed by atoms with Crippen LogP contribution in [0.2, 0.25) is 0 Å². The quantitative estimate of drug-likeness (QED) is 0.671. The largest absolute Gasteiger partial charge is 0.446 e. The first-order valence-corrected chi connectivity index (χ1v) is 9.06. The summed E-state index contributed by atoms with van der Waals surface area (Å²) in [7, 11) is 0. The topological polar surface area (TPSA) is 15.3 Å². The molecule has 1 saturated heterocycles. The number of benzene rings is 1.